The average molecular weight is 378 g/mol. The Kier molecular flexibility index (Phi) is 4.89. The summed E-state index contributed by atoms with van der Waals surface area (Å²) in [6, 6.07) is 15.1. The fraction of sp³-hybridized carbons (Fsp3) is 0.238. The number of amides is 3. The number of aromatic nitrogens is 1. The summed E-state index contributed by atoms with van der Waals surface area (Å²) in [5, 5.41) is 6.66. The van der Waals surface area contributed by atoms with Crippen molar-refractivity contribution in [3.63, 3.8) is 0 Å². The number of methoxy groups -OCH3 is 1. The molecule has 0 aliphatic carbocycles. The second kappa shape index (κ2) is 7.64. The van der Waals surface area contributed by atoms with Gasteiger partial charge in [-0.3, -0.25) is 4.79 Å². The standard InChI is InChI=1S/C21H22N4O3/c1-28-19-9-5-4-8-17(19)24-20(26)12-22-21(27)25-11-10-15-14-6-2-3-7-16(14)23-18(15)13-25/h2-9,23H,10-13H2,1H3,(H,22,27)(H,24,26). The van der Waals surface area contributed by atoms with E-state index in [0.29, 0.717) is 24.5 Å². The molecule has 1 aliphatic heterocycles. The van der Waals surface area contributed by atoms with E-state index in [2.05, 4.69) is 21.7 Å². The first kappa shape index (κ1) is 17.9. The summed E-state index contributed by atoms with van der Waals surface area (Å²) in [5.74, 6) is 0.269. The van der Waals surface area contributed by atoms with Crippen molar-refractivity contribution in [2.75, 3.05) is 25.5 Å². The summed E-state index contributed by atoms with van der Waals surface area (Å²) in [4.78, 5) is 29.8. The van der Waals surface area contributed by atoms with E-state index >= 15 is 0 Å². The van der Waals surface area contributed by atoms with Gasteiger partial charge in [0, 0.05) is 23.1 Å². The number of urea groups is 1. The van der Waals surface area contributed by atoms with Crippen molar-refractivity contribution in [2.45, 2.75) is 13.0 Å². The molecule has 0 unspecified atom stereocenters. The van der Waals surface area contributed by atoms with Gasteiger partial charge in [-0.2, -0.15) is 0 Å². The topological polar surface area (TPSA) is 86.5 Å². The first-order chi connectivity index (χ1) is 13.7. The normalized spacial score (nSPS) is 13.1. The molecule has 144 valence electrons. The van der Waals surface area contributed by atoms with Gasteiger partial charge in [0.15, 0.2) is 0 Å². The average Bonchev–Trinajstić information content (AvgIpc) is 3.10. The number of H-pyrrole nitrogens is 1. The number of carbonyl (C=O) groups is 2. The number of para-hydroxylation sites is 3. The third-order valence-corrected chi connectivity index (χ3v) is 4.95. The van der Waals surface area contributed by atoms with Crippen molar-refractivity contribution in [1.82, 2.24) is 15.2 Å². The van der Waals surface area contributed by atoms with Gasteiger partial charge in [-0.15, -0.1) is 0 Å². The monoisotopic (exact) mass is 378 g/mol. The van der Waals surface area contributed by atoms with Gasteiger partial charge in [0.2, 0.25) is 5.91 Å². The molecule has 1 aromatic heterocycles. The van der Waals surface area contributed by atoms with Crippen molar-refractivity contribution >= 4 is 28.5 Å². The lowest BCUT2D eigenvalue weighted by atomic mass is 10.0. The molecule has 7 nitrogen and oxygen atoms in total. The molecule has 3 aromatic rings. The van der Waals surface area contributed by atoms with Crippen LogP contribution in [0.2, 0.25) is 0 Å². The zero-order valence-electron chi connectivity index (χ0n) is 15.6. The number of fused-ring (bicyclic) bond motifs is 3. The van der Waals surface area contributed by atoms with E-state index in [9.17, 15) is 9.59 Å². The second-order valence-corrected chi connectivity index (χ2v) is 6.71. The molecule has 0 saturated carbocycles. The molecule has 0 spiro atoms. The van der Waals surface area contributed by atoms with E-state index in [-0.39, 0.29) is 18.5 Å². The highest BCUT2D eigenvalue weighted by Gasteiger charge is 2.24. The largest absolute Gasteiger partial charge is 0.495 e. The van der Waals surface area contributed by atoms with Gasteiger partial charge < -0.3 is 25.3 Å². The molecule has 1 aliphatic rings. The highest BCUT2D eigenvalue weighted by Crippen LogP contribution is 2.27. The van der Waals surface area contributed by atoms with Gasteiger partial charge in [-0.1, -0.05) is 30.3 Å². The molecule has 0 fully saturated rings. The maximum atomic E-state index is 12.5. The van der Waals surface area contributed by atoms with Crippen LogP contribution in [0.25, 0.3) is 10.9 Å². The lowest BCUT2D eigenvalue weighted by molar-refractivity contribution is -0.115. The number of hydrogen-bond acceptors (Lipinski definition) is 3. The van der Waals surface area contributed by atoms with Crippen LogP contribution < -0.4 is 15.4 Å². The molecule has 0 saturated heterocycles. The van der Waals surface area contributed by atoms with E-state index in [1.165, 1.54) is 10.9 Å². The van der Waals surface area contributed by atoms with Gasteiger partial charge in [-0.25, -0.2) is 4.79 Å². The van der Waals surface area contributed by atoms with Gasteiger partial charge in [0.25, 0.3) is 0 Å². The van der Waals surface area contributed by atoms with Crippen LogP contribution in [0, 0.1) is 0 Å². The molecule has 28 heavy (non-hydrogen) atoms. The van der Waals surface area contributed by atoms with Crippen molar-refractivity contribution in [3.05, 3.63) is 59.8 Å². The second-order valence-electron chi connectivity index (χ2n) is 6.71. The van der Waals surface area contributed by atoms with Crippen LogP contribution in [-0.4, -0.2) is 42.0 Å². The lowest BCUT2D eigenvalue weighted by Gasteiger charge is -2.27. The number of ether oxygens (including phenoxy) is 1. The van der Waals surface area contributed by atoms with Crippen molar-refractivity contribution in [3.8, 4) is 5.75 Å². The highest BCUT2D eigenvalue weighted by atomic mass is 16.5. The molecule has 0 radical (unpaired) electrons. The van der Waals surface area contributed by atoms with E-state index in [0.717, 1.165) is 17.6 Å². The van der Waals surface area contributed by atoms with Crippen LogP contribution in [0.4, 0.5) is 10.5 Å². The summed E-state index contributed by atoms with van der Waals surface area (Å²) in [5.41, 5.74) is 3.99. The molecule has 0 atom stereocenters. The van der Waals surface area contributed by atoms with Crippen LogP contribution in [0.3, 0.4) is 0 Å². The summed E-state index contributed by atoms with van der Waals surface area (Å²) < 4.78 is 5.21. The predicted octanol–water partition coefficient (Wildman–Crippen LogP) is 2.88. The van der Waals surface area contributed by atoms with E-state index < -0.39 is 0 Å². The predicted molar refractivity (Wildman–Crippen MR) is 107 cm³/mol. The lowest BCUT2D eigenvalue weighted by Crippen LogP contribution is -2.45. The molecule has 7 heteroatoms. The Labute approximate surface area is 162 Å². The minimum atomic E-state index is -0.304. The Morgan fingerprint density at radius 2 is 1.93 bits per heavy atom. The Hall–Kier alpha value is -3.48. The van der Waals surface area contributed by atoms with Gasteiger partial charge in [-0.05, 0) is 30.2 Å². The number of carbonyl (C=O) groups excluding carboxylic acids is 2. The molecule has 2 aromatic carbocycles. The summed E-state index contributed by atoms with van der Waals surface area (Å²) in [6.07, 6.45) is 0.792. The Bertz CT molecular complexity index is 1030. The van der Waals surface area contributed by atoms with E-state index in [4.69, 9.17) is 4.74 Å². The zero-order chi connectivity index (χ0) is 19.5. The van der Waals surface area contributed by atoms with Gasteiger partial charge >= 0.3 is 6.03 Å². The van der Waals surface area contributed by atoms with Crippen LogP contribution >= 0.6 is 0 Å². The molecule has 3 amide bonds. The third-order valence-electron chi connectivity index (χ3n) is 4.95. The smallest absolute Gasteiger partial charge is 0.318 e. The number of hydrogen-bond donors (Lipinski definition) is 3. The van der Waals surface area contributed by atoms with Crippen molar-refractivity contribution in [2.24, 2.45) is 0 Å². The fourth-order valence-electron chi connectivity index (χ4n) is 3.58. The zero-order valence-corrected chi connectivity index (χ0v) is 15.6. The Morgan fingerprint density at radius 3 is 2.79 bits per heavy atom. The van der Waals surface area contributed by atoms with Gasteiger partial charge in [0.1, 0.15) is 5.75 Å². The first-order valence-electron chi connectivity index (χ1n) is 9.20. The number of rotatable bonds is 4. The fourth-order valence-corrected chi connectivity index (χ4v) is 3.58. The van der Waals surface area contributed by atoms with Crippen molar-refractivity contribution in [1.29, 1.82) is 0 Å². The van der Waals surface area contributed by atoms with Crippen LogP contribution in [0.1, 0.15) is 11.3 Å². The molecule has 4 rings (SSSR count). The maximum Gasteiger partial charge on any atom is 0.318 e. The maximum absolute atomic E-state index is 12.5. The first-order valence-corrected chi connectivity index (χ1v) is 9.20. The summed E-state index contributed by atoms with van der Waals surface area (Å²) >= 11 is 0. The highest BCUT2D eigenvalue weighted by molar-refractivity contribution is 5.95. The molecular formula is C21H22N4O3. The Morgan fingerprint density at radius 1 is 1.14 bits per heavy atom. The van der Waals surface area contributed by atoms with Crippen molar-refractivity contribution < 1.29 is 14.3 Å². The van der Waals surface area contributed by atoms with Crippen LogP contribution in [0.15, 0.2) is 48.5 Å². The molecule has 0 bridgehead atoms. The SMILES string of the molecule is COc1ccccc1NC(=O)CNC(=O)N1CCc2c([nH]c3ccccc23)C1. The number of nitrogens with one attached hydrogen (secondary N) is 3. The molecular weight excluding hydrogens is 356 g/mol. The number of nitrogens with zero attached hydrogens (tertiary/aromatic N) is 1. The summed E-state index contributed by atoms with van der Waals surface area (Å²) in [6.45, 7) is 1.02. The molecule has 2 heterocycles. The van der Waals surface area contributed by atoms with Crippen LogP contribution in [-0.2, 0) is 17.8 Å². The minimum Gasteiger partial charge on any atom is -0.495 e. The van der Waals surface area contributed by atoms with Gasteiger partial charge in [0.05, 0.1) is 25.9 Å². The Balaban J connectivity index is 1.35. The van der Waals surface area contributed by atoms with E-state index in [1.807, 2.05) is 30.3 Å². The van der Waals surface area contributed by atoms with E-state index in [1.54, 1.807) is 24.1 Å². The third kappa shape index (κ3) is 3.51. The molecule has 3 N–H and O–H groups in total. The number of aromatic amines is 1. The number of anilines is 1. The number of benzene rings is 2. The quantitative estimate of drug-likeness (QED) is 0.652. The minimum absolute atomic E-state index is 0.104. The van der Waals surface area contributed by atoms with Crippen LogP contribution in [0.5, 0.6) is 5.75 Å². The summed E-state index contributed by atoms with van der Waals surface area (Å²) in [7, 11) is 1.54.